The van der Waals surface area contributed by atoms with Crippen LogP contribution >= 0.6 is 24.8 Å². The molecular weight excluding hydrogens is 367 g/mol. The van der Waals surface area contributed by atoms with Gasteiger partial charge in [0.15, 0.2) is 0 Å². The number of rotatable bonds is 3. The van der Waals surface area contributed by atoms with E-state index in [1.165, 1.54) is 0 Å². The molecule has 2 fully saturated rings. The van der Waals surface area contributed by atoms with Gasteiger partial charge in [0.2, 0.25) is 11.8 Å². The van der Waals surface area contributed by atoms with Gasteiger partial charge < -0.3 is 20.3 Å². The second-order valence-corrected chi connectivity index (χ2v) is 7.44. The van der Waals surface area contributed by atoms with Crippen molar-refractivity contribution in [2.45, 2.75) is 26.8 Å². The van der Waals surface area contributed by atoms with E-state index in [1.54, 1.807) is 4.90 Å². The molecule has 0 aliphatic carbocycles. The van der Waals surface area contributed by atoms with E-state index in [9.17, 15) is 9.59 Å². The van der Waals surface area contributed by atoms with Crippen LogP contribution in [0.25, 0.3) is 0 Å². The lowest BCUT2D eigenvalue weighted by Crippen LogP contribution is -2.58. The summed E-state index contributed by atoms with van der Waals surface area (Å²) in [6.07, 6.45) is 0. The number of piperazine rings is 1. The fourth-order valence-corrected chi connectivity index (χ4v) is 2.79. The van der Waals surface area contributed by atoms with E-state index in [1.807, 2.05) is 25.7 Å². The van der Waals surface area contributed by atoms with Crippen molar-refractivity contribution in [3.05, 3.63) is 0 Å². The average Bonchev–Trinajstić information content (AvgIpc) is 2.53. The molecule has 0 unspecified atom stereocenters. The molecule has 2 rings (SSSR count). The minimum Gasteiger partial charge on any atom is -0.379 e. The zero-order valence-corrected chi connectivity index (χ0v) is 17.0. The Kier molecular flexibility index (Phi) is 10.3. The molecule has 0 aromatic heterocycles. The molecule has 148 valence electrons. The van der Waals surface area contributed by atoms with Crippen LogP contribution in [0.1, 0.15) is 20.8 Å². The van der Waals surface area contributed by atoms with Crippen molar-refractivity contribution in [3.63, 3.8) is 0 Å². The van der Waals surface area contributed by atoms with E-state index in [0.717, 1.165) is 13.1 Å². The van der Waals surface area contributed by atoms with Crippen LogP contribution in [0.15, 0.2) is 0 Å². The first-order valence-corrected chi connectivity index (χ1v) is 8.41. The van der Waals surface area contributed by atoms with Gasteiger partial charge in [-0.15, -0.1) is 24.8 Å². The molecule has 9 heteroatoms. The van der Waals surface area contributed by atoms with Gasteiger partial charge in [0, 0.05) is 39.3 Å². The molecule has 0 aromatic carbocycles. The maximum Gasteiger partial charge on any atom is 0.240 e. The number of halogens is 2. The molecule has 2 aliphatic rings. The molecular formula is C16H32Cl2N4O3. The lowest BCUT2D eigenvalue weighted by atomic mass is 9.86. The molecule has 2 N–H and O–H groups in total. The highest BCUT2D eigenvalue weighted by Gasteiger charge is 2.33. The monoisotopic (exact) mass is 398 g/mol. The summed E-state index contributed by atoms with van der Waals surface area (Å²) < 4.78 is 5.29. The highest BCUT2D eigenvalue weighted by Crippen LogP contribution is 2.19. The Morgan fingerprint density at radius 3 is 1.92 bits per heavy atom. The highest BCUT2D eigenvalue weighted by atomic mass is 35.5. The number of carbonyl (C=O) groups excluding carboxylic acids is 2. The Morgan fingerprint density at radius 2 is 1.44 bits per heavy atom. The summed E-state index contributed by atoms with van der Waals surface area (Å²) in [7, 11) is 0. The Morgan fingerprint density at radius 1 is 0.960 bits per heavy atom. The molecule has 1 atom stereocenters. The van der Waals surface area contributed by atoms with Crippen LogP contribution in [-0.2, 0) is 14.3 Å². The third kappa shape index (κ3) is 6.90. The van der Waals surface area contributed by atoms with Gasteiger partial charge in [0.05, 0.1) is 25.8 Å². The minimum absolute atomic E-state index is 0. The second-order valence-electron chi connectivity index (χ2n) is 7.44. The fourth-order valence-electron chi connectivity index (χ4n) is 2.79. The summed E-state index contributed by atoms with van der Waals surface area (Å²) in [5.74, 6) is 0.122. The van der Waals surface area contributed by atoms with Crippen LogP contribution in [0.4, 0.5) is 0 Å². The Balaban J connectivity index is 0.00000288. The van der Waals surface area contributed by atoms with Crippen LogP contribution < -0.4 is 5.73 Å². The molecule has 0 aromatic rings. The average molecular weight is 399 g/mol. The van der Waals surface area contributed by atoms with Gasteiger partial charge in [-0.3, -0.25) is 14.5 Å². The number of amides is 2. The molecule has 2 saturated heterocycles. The SMILES string of the molecule is CC(C)(C)[C@H](N)C(=O)N1CCN(C(=O)CN2CCOCC2)CC1.Cl.Cl. The number of hydrogen-bond donors (Lipinski definition) is 1. The van der Waals surface area contributed by atoms with Crippen LogP contribution in [0, 0.1) is 5.41 Å². The predicted octanol–water partition coefficient (Wildman–Crippen LogP) is 0.206. The summed E-state index contributed by atoms with van der Waals surface area (Å²) in [6.45, 7) is 11.7. The van der Waals surface area contributed by atoms with Gasteiger partial charge in [-0.1, -0.05) is 20.8 Å². The van der Waals surface area contributed by atoms with Gasteiger partial charge in [0.25, 0.3) is 0 Å². The minimum atomic E-state index is -0.502. The van der Waals surface area contributed by atoms with Crippen LogP contribution in [-0.4, -0.2) is 91.6 Å². The summed E-state index contributed by atoms with van der Waals surface area (Å²) in [6, 6.07) is -0.502. The van der Waals surface area contributed by atoms with E-state index in [2.05, 4.69) is 4.90 Å². The van der Waals surface area contributed by atoms with Crippen LogP contribution in [0.2, 0.25) is 0 Å². The maximum absolute atomic E-state index is 12.4. The zero-order valence-electron chi connectivity index (χ0n) is 15.4. The Labute approximate surface area is 163 Å². The summed E-state index contributed by atoms with van der Waals surface area (Å²) in [5.41, 5.74) is 5.80. The Hall–Kier alpha value is -0.600. The lowest BCUT2D eigenvalue weighted by Gasteiger charge is -2.39. The van der Waals surface area contributed by atoms with Crippen molar-refractivity contribution in [2.24, 2.45) is 11.1 Å². The molecule has 0 bridgehead atoms. The summed E-state index contributed by atoms with van der Waals surface area (Å²) in [4.78, 5) is 30.5. The van der Waals surface area contributed by atoms with Gasteiger partial charge in [-0.2, -0.15) is 0 Å². The van der Waals surface area contributed by atoms with E-state index in [-0.39, 0.29) is 42.0 Å². The highest BCUT2D eigenvalue weighted by molar-refractivity contribution is 5.85. The number of ether oxygens (including phenoxy) is 1. The van der Waals surface area contributed by atoms with Crippen LogP contribution in [0.5, 0.6) is 0 Å². The first-order valence-electron chi connectivity index (χ1n) is 8.41. The molecule has 0 spiro atoms. The maximum atomic E-state index is 12.4. The Bertz CT molecular complexity index is 432. The first-order chi connectivity index (χ1) is 10.8. The largest absolute Gasteiger partial charge is 0.379 e. The fraction of sp³-hybridized carbons (Fsp3) is 0.875. The van der Waals surface area contributed by atoms with Crippen molar-refractivity contribution < 1.29 is 14.3 Å². The predicted molar refractivity (Wildman–Crippen MR) is 102 cm³/mol. The van der Waals surface area contributed by atoms with Crippen LogP contribution in [0.3, 0.4) is 0 Å². The summed E-state index contributed by atoms with van der Waals surface area (Å²) >= 11 is 0. The number of carbonyl (C=O) groups is 2. The van der Waals surface area contributed by atoms with Crippen molar-refractivity contribution in [3.8, 4) is 0 Å². The van der Waals surface area contributed by atoms with Crippen molar-refractivity contribution in [1.29, 1.82) is 0 Å². The summed E-state index contributed by atoms with van der Waals surface area (Å²) in [5, 5.41) is 0. The standard InChI is InChI=1S/C16H30N4O3.2ClH/c1-16(2,3)14(17)15(22)20-6-4-19(5-7-20)13(21)12-18-8-10-23-11-9-18;;/h14H,4-12,17H2,1-3H3;2*1H/t14-;;/m1../s1. The lowest BCUT2D eigenvalue weighted by molar-refractivity contribution is -0.142. The third-order valence-corrected chi connectivity index (χ3v) is 4.61. The topological polar surface area (TPSA) is 79.1 Å². The second kappa shape index (κ2) is 10.5. The number of morpholine rings is 1. The number of hydrogen-bond acceptors (Lipinski definition) is 5. The van der Waals surface area contributed by atoms with Crippen molar-refractivity contribution in [2.75, 3.05) is 59.0 Å². The number of nitrogens with two attached hydrogens (primary N) is 1. The van der Waals surface area contributed by atoms with Gasteiger partial charge in [-0.25, -0.2) is 0 Å². The first kappa shape index (κ1) is 24.4. The van der Waals surface area contributed by atoms with Gasteiger partial charge >= 0.3 is 0 Å². The smallest absolute Gasteiger partial charge is 0.240 e. The zero-order chi connectivity index (χ0) is 17.0. The molecule has 0 saturated carbocycles. The van der Waals surface area contributed by atoms with Gasteiger partial charge in [0.1, 0.15) is 0 Å². The van der Waals surface area contributed by atoms with Gasteiger partial charge in [-0.05, 0) is 5.41 Å². The molecule has 7 nitrogen and oxygen atoms in total. The van der Waals surface area contributed by atoms with E-state index < -0.39 is 6.04 Å². The molecule has 2 amide bonds. The molecule has 2 heterocycles. The van der Waals surface area contributed by atoms with Crippen molar-refractivity contribution in [1.82, 2.24) is 14.7 Å². The quantitative estimate of drug-likeness (QED) is 0.734. The van der Waals surface area contributed by atoms with E-state index >= 15 is 0 Å². The van der Waals surface area contributed by atoms with E-state index in [4.69, 9.17) is 10.5 Å². The molecule has 2 aliphatic heterocycles. The number of nitrogens with zero attached hydrogens (tertiary/aromatic N) is 3. The van der Waals surface area contributed by atoms with E-state index in [0.29, 0.717) is 45.9 Å². The molecule has 0 radical (unpaired) electrons. The molecule has 25 heavy (non-hydrogen) atoms. The normalized spacial score (nSPS) is 20.3. The third-order valence-electron chi connectivity index (χ3n) is 4.61. The van der Waals surface area contributed by atoms with Crippen molar-refractivity contribution >= 4 is 36.6 Å².